The van der Waals surface area contributed by atoms with Crippen molar-refractivity contribution in [3.63, 3.8) is 0 Å². The monoisotopic (exact) mass is 283 g/mol. The summed E-state index contributed by atoms with van der Waals surface area (Å²) in [5.41, 5.74) is -0.302. The lowest BCUT2D eigenvalue weighted by Crippen LogP contribution is -2.41. The van der Waals surface area contributed by atoms with E-state index in [-0.39, 0.29) is 17.3 Å². The van der Waals surface area contributed by atoms with Crippen LogP contribution in [-0.4, -0.2) is 46.0 Å². The predicted molar refractivity (Wildman–Crippen MR) is 72.2 cm³/mol. The molecule has 0 aromatic carbocycles. The minimum atomic E-state index is -1.30. The quantitative estimate of drug-likeness (QED) is 0.828. The van der Waals surface area contributed by atoms with Gasteiger partial charge in [0.15, 0.2) is 0 Å². The van der Waals surface area contributed by atoms with Crippen LogP contribution in [-0.2, 0) is 4.79 Å². The van der Waals surface area contributed by atoms with E-state index in [0.29, 0.717) is 13.1 Å². The SMILES string of the molecule is CCN(CC)C(=O)C(C)Nc1ncc(F)cc1C(=O)O. The van der Waals surface area contributed by atoms with Gasteiger partial charge in [-0.05, 0) is 26.8 Å². The summed E-state index contributed by atoms with van der Waals surface area (Å²) in [5.74, 6) is -2.23. The molecule has 1 heterocycles. The molecule has 0 saturated carbocycles. The van der Waals surface area contributed by atoms with Crippen molar-refractivity contribution in [2.24, 2.45) is 0 Å². The van der Waals surface area contributed by atoms with Crippen LogP contribution in [0, 0.1) is 5.82 Å². The number of carbonyl (C=O) groups excluding carboxylic acids is 1. The van der Waals surface area contributed by atoms with Crippen molar-refractivity contribution in [1.29, 1.82) is 0 Å². The number of anilines is 1. The summed E-state index contributed by atoms with van der Waals surface area (Å²) in [4.78, 5) is 28.4. The first-order valence-corrected chi connectivity index (χ1v) is 6.34. The van der Waals surface area contributed by atoms with E-state index < -0.39 is 17.8 Å². The van der Waals surface area contributed by atoms with E-state index in [9.17, 15) is 14.0 Å². The number of rotatable bonds is 6. The molecule has 0 aliphatic rings. The summed E-state index contributed by atoms with van der Waals surface area (Å²) in [5, 5.41) is 11.7. The van der Waals surface area contributed by atoms with E-state index in [1.165, 1.54) is 0 Å². The number of amides is 1. The molecule has 110 valence electrons. The molecular formula is C13H18FN3O3. The van der Waals surface area contributed by atoms with Crippen molar-refractivity contribution in [1.82, 2.24) is 9.88 Å². The normalized spacial score (nSPS) is 11.8. The predicted octanol–water partition coefficient (Wildman–Crippen LogP) is 1.59. The van der Waals surface area contributed by atoms with Crippen LogP contribution in [0.4, 0.5) is 10.2 Å². The number of aromatic carboxylic acids is 1. The van der Waals surface area contributed by atoms with Crippen LogP contribution in [0.5, 0.6) is 0 Å². The molecule has 0 saturated heterocycles. The van der Waals surface area contributed by atoms with Crippen LogP contribution in [0.15, 0.2) is 12.3 Å². The van der Waals surface area contributed by atoms with Gasteiger partial charge in [-0.1, -0.05) is 0 Å². The lowest BCUT2D eigenvalue weighted by atomic mass is 10.2. The number of nitrogens with zero attached hydrogens (tertiary/aromatic N) is 2. The molecule has 1 rings (SSSR count). The topological polar surface area (TPSA) is 82.5 Å². The molecule has 0 bridgehead atoms. The summed E-state index contributed by atoms with van der Waals surface area (Å²) < 4.78 is 13.0. The van der Waals surface area contributed by atoms with Crippen molar-refractivity contribution >= 4 is 17.7 Å². The average Bonchev–Trinajstić information content (AvgIpc) is 2.41. The number of halogens is 1. The van der Waals surface area contributed by atoms with Crippen LogP contribution >= 0.6 is 0 Å². The molecule has 0 aliphatic carbocycles. The van der Waals surface area contributed by atoms with Gasteiger partial charge < -0.3 is 15.3 Å². The van der Waals surface area contributed by atoms with Crippen molar-refractivity contribution in [2.75, 3.05) is 18.4 Å². The van der Waals surface area contributed by atoms with E-state index in [1.54, 1.807) is 11.8 Å². The van der Waals surface area contributed by atoms with Gasteiger partial charge in [-0.2, -0.15) is 0 Å². The van der Waals surface area contributed by atoms with Crippen molar-refractivity contribution in [3.05, 3.63) is 23.6 Å². The standard InChI is InChI=1S/C13H18FN3O3/c1-4-17(5-2)12(18)8(3)16-11-10(13(19)20)6-9(14)7-15-11/h6-8H,4-5H2,1-3H3,(H,15,16)(H,19,20). The number of likely N-dealkylation sites (N-methyl/N-ethyl adjacent to an activating group) is 1. The number of carboxylic acids is 1. The number of carbonyl (C=O) groups is 2. The molecule has 20 heavy (non-hydrogen) atoms. The molecule has 1 atom stereocenters. The third-order valence-corrected chi connectivity index (χ3v) is 2.88. The number of pyridine rings is 1. The number of hydrogen-bond acceptors (Lipinski definition) is 4. The largest absolute Gasteiger partial charge is 0.478 e. The molecule has 1 aromatic heterocycles. The molecule has 7 heteroatoms. The molecule has 0 radical (unpaired) electrons. The molecule has 1 unspecified atom stereocenters. The maximum Gasteiger partial charge on any atom is 0.339 e. The molecule has 1 aromatic rings. The van der Waals surface area contributed by atoms with E-state index in [1.807, 2.05) is 13.8 Å². The van der Waals surface area contributed by atoms with E-state index in [0.717, 1.165) is 12.3 Å². The maximum absolute atomic E-state index is 13.0. The Balaban J connectivity index is 2.93. The van der Waals surface area contributed by atoms with Gasteiger partial charge in [0.2, 0.25) is 5.91 Å². The summed E-state index contributed by atoms with van der Waals surface area (Å²) in [6, 6.07) is 0.220. The lowest BCUT2D eigenvalue weighted by Gasteiger charge is -2.24. The number of hydrogen-bond donors (Lipinski definition) is 2. The Bertz CT molecular complexity index is 504. The zero-order valence-corrected chi connectivity index (χ0v) is 11.7. The third kappa shape index (κ3) is 3.66. The Kier molecular flexibility index (Phi) is 5.42. The van der Waals surface area contributed by atoms with Gasteiger partial charge in [-0.3, -0.25) is 4.79 Å². The van der Waals surface area contributed by atoms with Crippen LogP contribution in [0.3, 0.4) is 0 Å². The molecule has 0 aliphatic heterocycles. The minimum absolute atomic E-state index is 0.0214. The molecule has 0 fully saturated rings. The van der Waals surface area contributed by atoms with Gasteiger partial charge >= 0.3 is 5.97 Å². The van der Waals surface area contributed by atoms with Gasteiger partial charge in [-0.25, -0.2) is 14.2 Å². The molecule has 6 nitrogen and oxygen atoms in total. The summed E-state index contributed by atoms with van der Waals surface area (Å²) >= 11 is 0. The van der Waals surface area contributed by atoms with Gasteiger partial charge in [0.1, 0.15) is 23.2 Å². The smallest absolute Gasteiger partial charge is 0.339 e. The van der Waals surface area contributed by atoms with Crippen molar-refractivity contribution in [3.8, 4) is 0 Å². The first-order chi connectivity index (χ1) is 9.40. The number of nitrogens with one attached hydrogen (secondary N) is 1. The second-order valence-corrected chi connectivity index (χ2v) is 4.23. The van der Waals surface area contributed by atoms with Crippen molar-refractivity contribution < 1.29 is 19.1 Å². The first-order valence-electron chi connectivity index (χ1n) is 6.34. The fourth-order valence-corrected chi connectivity index (χ4v) is 1.79. The Morgan fingerprint density at radius 3 is 2.55 bits per heavy atom. The van der Waals surface area contributed by atoms with Gasteiger partial charge in [0, 0.05) is 13.1 Å². The molecule has 2 N–H and O–H groups in total. The fourth-order valence-electron chi connectivity index (χ4n) is 1.79. The Hall–Kier alpha value is -2.18. The summed E-state index contributed by atoms with van der Waals surface area (Å²) in [6.07, 6.45) is 0.906. The molecular weight excluding hydrogens is 265 g/mol. The highest BCUT2D eigenvalue weighted by Crippen LogP contribution is 2.15. The third-order valence-electron chi connectivity index (χ3n) is 2.88. The summed E-state index contributed by atoms with van der Waals surface area (Å²) in [7, 11) is 0. The zero-order valence-electron chi connectivity index (χ0n) is 11.7. The van der Waals surface area contributed by atoms with E-state index >= 15 is 0 Å². The maximum atomic E-state index is 13.0. The van der Waals surface area contributed by atoms with Crippen molar-refractivity contribution in [2.45, 2.75) is 26.8 Å². The van der Waals surface area contributed by atoms with E-state index in [2.05, 4.69) is 10.3 Å². The Labute approximate surface area is 116 Å². The highest BCUT2D eigenvalue weighted by Gasteiger charge is 2.21. The second kappa shape index (κ2) is 6.83. The summed E-state index contributed by atoms with van der Waals surface area (Å²) in [6.45, 7) is 6.44. The average molecular weight is 283 g/mol. The molecule has 1 amide bonds. The van der Waals surface area contributed by atoms with Crippen LogP contribution < -0.4 is 5.32 Å². The van der Waals surface area contributed by atoms with Gasteiger partial charge in [0.05, 0.1) is 6.20 Å². The van der Waals surface area contributed by atoms with Crippen LogP contribution in [0.2, 0.25) is 0 Å². The molecule has 0 spiro atoms. The number of aromatic nitrogens is 1. The van der Waals surface area contributed by atoms with E-state index in [4.69, 9.17) is 5.11 Å². The minimum Gasteiger partial charge on any atom is -0.478 e. The lowest BCUT2D eigenvalue weighted by molar-refractivity contribution is -0.131. The highest BCUT2D eigenvalue weighted by molar-refractivity contribution is 5.94. The van der Waals surface area contributed by atoms with Crippen LogP contribution in [0.25, 0.3) is 0 Å². The zero-order chi connectivity index (χ0) is 15.3. The Morgan fingerprint density at radius 2 is 2.05 bits per heavy atom. The Morgan fingerprint density at radius 1 is 1.45 bits per heavy atom. The first kappa shape index (κ1) is 15.9. The number of carboxylic acid groups (broad SMARTS) is 1. The fraction of sp³-hybridized carbons (Fsp3) is 0.462. The van der Waals surface area contributed by atoms with Gasteiger partial charge in [-0.15, -0.1) is 0 Å². The highest BCUT2D eigenvalue weighted by atomic mass is 19.1. The van der Waals surface area contributed by atoms with Crippen LogP contribution in [0.1, 0.15) is 31.1 Å². The van der Waals surface area contributed by atoms with Gasteiger partial charge in [0.25, 0.3) is 0 Å². The second-order valence-electron chi connectivity index (χ2n) is 4.23.